The van der Waals surface area contributed by atoms with Crippen molar-refractivity contribution in [1.82, 2.24) is 5.32 Å². The summed E-state index contributed by atoms with van der Waals surface area (Å²) in [6.45, 7) is 7.57. The number of hydrogen-bond donors (Lipinski definition) is 1. The number of nitrogens with one attached hydrogen (secondary N) is 1. The van der Waals surface area contributed by atoms with Crippen LogP contribution in [0.5, 0.6) is 0 Å². The second-order valence-corrected chi connectivity index (χ2v) is 5.86. The highest BCUT2D eigenvalue weighted by atomic mass is 35.5. The lowest BCUT2D eigenvalue weighted by molar-refractivity contribution is 0.328. The van der Waals surface area contributed by atoms with Crippen molar-refractivity contribution in [3.05, 3.63) is 33.8 Å². The first kappa shape index (κ1) is 16.8. The molecule has 0 aliphatic heterocycles. The van der Waals surface area contributed by atoms with Gasteiger partial charge in [0, 0.05) is 16.1 Å². The van der Waals surface area contributed by atoms with Crippen molar-refractivity contribution in [3.8, 4) is 0 Å². The normalized spacial score (nSPS) is 14.4. The van der Waals surface area contributed by atoms with Crippen molar-refractivity contribution in [2.45, 2.75) is 52.5 Å². The molecule has 1 aromatic carbocycles. The van der Waals surface area contributed by atoms with Crippen LogP contribution in [-0.2, 0) is 0 Å². The fraction of sp³-hybridized carbons (Fsp3) is 0.625. The third-order valence-electron chi connectivity index (χ3n) is 3.64. The summed E-state index contributed by atoms with van der Waals surface area (Å²) in [7, 11) is 0. The molecule has 2 unspecified atom stereocenters. The molecule has 0 aliphatic carbocycles. The average molecular weight is 302 g/mol. The molecule has 0 spiro atoms. The maximum Gasteiger partial charge on any atom is 0.0454 e. The van der Waals surface area contributed by atoms with E-state index in [1.54, 1.807) is 0 Å². The van der Waals surface area contributed by atoms with Crippen LogP contribution < -0.4 is 5.32 Å². The standard InChI is InChI=1S/C16H25Cl2N/c1-4-7-8-12(5-2)16(19-6-3)14-11-13(17)9-10-15(14)18/h9-12,16,19H,4-8H2,1-3H3. The first-order chi connectivity index (χ1) is 9.13. The van der Waals surface area contributed by atoms with Gasteiger partial charge >= 0.3 is 0 Å². The molecule has 0 saturated carbocycles. The zero-order chi connectivity index (χ0) is 14.3. The van der Waals surface area contributed by atoms with Gasteiger partial charge in [-0.2, -0.15) is 0 Å². The number of halogens is 2. The molecule has 0 amide bonds. The Morgan fingerprint density at radius 2 is 1.89 bits per heavy atom. The molecule has 0 bridgehead atoms. The number of benzene rings is 1. The number of hydrogen-bond acceptors (Lipinski definition) is 1. The molecule has 1 nitrogen and oxygen atoms in total. The minimum atomic E-state index is 0.299. The molecule has 0 fully saturated rings. The van der Waals surface area contributed by atoms with Gasteiger partial charge < -0.3 is 5.32 Å². The highest BCUT2D eigenvalue weighted by Crippen LogP contribution is 2.34. The highest BCUT2D eigenvalue weighted by molar-refractivity contribution is 6.33. The van der Waals surface area contributed by atoms with E-state index >= 15 is 0 Å². The van der Waals surface area contributed by atoms with Crippen LogP contribution in [0.2, 0.25) is 10.0 Å². The van der Waals surface area contributed by atoms with Gasteiger partial charge in [0.25, 0.3) is 0 Å². The molecule has 1 rings (SSSR count). The Labute approximate surface area is 127 Å². The third-order valence-corrected chi connectivity index (χ3v) is 4.22. The Morgan fingerprint density at radius 1 is 1.16 bits per heavy atom. The van der Waals surface area contributed by atoms with Gasteiger partial charge in [-0.05, 0) is 42.6 Å². The summed E-state index contributed by atoms with van der Waals surface area (Å²) in [5.74, 6) is 0.607. The topological polar surface area (TPSA) is 12.0 Å². The van der Waals surface area contributed by atoms with E-state index in [1.165, 1.54) is 19.3 Å². The molecule has 0 saturated heterocycles. The first-order valence-electron chi connectivity index (χ1n) is 7.32. The lowest BCUT2D eigenvalue weighted by atomic mass is 9.87. The molecule has 1 N–H and O–H groups in total. The third kappa shape index (κ3) is 4.98. The average Bonchev–Trinajstić information content (AvgIpc) is 2.41. The molecule has 0 heterocycles. The van der Waals surface area contributed by atoms with Gasteiger partial charge in [-0.1, -0.05) is 63.2 Å². The van der Waals surface area contributed by atoms with Gasteiger partial charge in [0.2, 0.25) is 0 Å². The molecule has 2 atom stereocenters. The first-order valence-corrected chi connectivity index (χ1v) is 8.07. The molecule has 108 valence electrons. The largest absolute Gasteiger partial charge is 0.310 e. The number of rotatable bonds is 8. The van der Waals surface area contributed by atoms with Crippen LogP contribution in [0.25, 0.3) is 0 Å². The zero-order valence-corrected chi connectivity index (χ0v) is 13.7. The van der Waals surface area contributed by atoms with Crippen LogP contribution >= 0.6 is 23.2 Å². The molecule has 3 heteroatoms. The Bertz CT molecular complexity index is 379. The molecular weight excluding hydrogens is 277 g/mol. The fourth-order valence-electron chi connectivity index (χ4n) is 2.58. The second-order valence-electron chi connectivity index (χ2n) is 5.01. The van der Waals surface area contributed by atoms with Gasteiger partial charge in [0.15, 0.2) is 0 Å². The summed E-state index contributed by atoms with van der Waals surface area (Å²) in [6, 6.07) is 6.05. The van der Waals surface area contributed by atoms with Crippen molar-refractivity contribution < 1.29 is 0 Å². The summed E-state index contributed by atoms with van der Waals surface area (Å²) >= 11 is 12.5. The van der Waals surface area contributed by atoms with Crippen molar-refractivity contribution in [1.29, 1.82) is 0 Å². The Morgan fingerprint density at radius 3 is 2.47 bits per heavy atom. The van der Waals surface area contributed by atoms with Crippen molar-refractivity contribution in [2.75, 3.05) is 6.54 Å². The van der Waals surface area contributed by atoms with Gasteiger partial charge in [-0.3, -0.25) is 0 Å². The van der Waals surface area contributed by atoms with Crippen molar-refractivity contribution >= 4 is 23.2 Å². The molecule has 19 heavy (non-hydrogen) atoms. The van der Waals surface area contributed by atoms with E-state index in [0.717, 1.165) is 28.6 Å². The quantitative estimate of drug-likeness (QED) is 0.634. The van der Waals surface area contributed by atoms with E-state index in [-0.39, 0.29) is 0 Å². The minimum Gasteiger partial charge on any atom is -0.310 e. The molecule has 0 radical (unpaired) electrons. The van der Waals surface area contributed by atoms with E-state index in [4.69, 9.17) is 23.2 Å². The van der Waals surface area contributed by atoms with Gasteiger partial charge in [-0.25, -0.2) is 0 Å². The van der Waals surface area contributed by atoms with E-state index in [9.17, 15) is 0 Å². The van der Waals surface area contributed by atoms with Gasteiger partial charge in [-0.15, -0.1) is 0 Å². The smallest absolute Gasteiger partial charge is 0.0454 e. The monoisotopic (exact) mass is 301 g/mol. The lowest BCUT2D eigenvalue weighted by Crippen LogP contribution is -2.28. The minimum absolute atomic E-state index is 0.299. The van der Waals surface area contributed by atoms with Crippen LogP contribution in [0.4, 0.5) is 0 Å². The van der Waals surface area contributed by atoms with Crippen molar-refractivity contribution in [3.63, 3.8) is 0 Å². The predicted molar refractivity (Wildman–Crippen MR) is 86.2 cm³/mol. The number of unbranched alkanes of at least 4 members (excludes halogenated alkanes) is 1. The fourth-order valence-corrected chi connectivity index (χ4v) is 2.99. The Kier molecular flexibility index (Phi) is 7.82. The van der Waals surface area contributed by atoms with E-state index < -0.39 is 0 Å². The maximum absolute atomic E-state index is 6.36. The molecular formula is C16H25Cl2N. The van der Waals surface area contributed by atoms with Crippen LogP contribution in [0, 0.1) is 5.92 Å². The SMILES string of the molecule is CCCCC(CC)C(NCC)c1cc(Cl)ccc1Cl. The van der Waals surface area contributed by atoms with Gasteiger partial charge in [0.1, 0.15) is 0 Å². The molecule has 0 aliphatic rings. The summed E-state index contributed by atoms with van der Waals surface area (Å²) in [4.78, 5) is 0. The Balaban J connectivity index is 2.99. The van der Waals surface area contributed by atoms with Crippen LogP contribution in [0.1, 0.15) is 58.1 Å². The lowest BCUT2D eigenvalue weighted by Gasteiger charge is -2.28. The van der Waals surface area contributed by atoms with Crippen LogP contribution in [-0.4, -0.2) is 6.54 Å². The van der Waals surface area contributed by atoms with Gasteiger partial charge in [0.05, 0.1) is 0 Å². The summed E-state index contributed by atoms with van der Waals surface area (Å²) < 4.78 is 0. The van der Waals surface area contributed by atoms with E-state index in [2.05, 4.69) is 26.1 Å². The van der Waals surface area contributed by atoms with E-state index in [0.29, 0.717) is 12.0 Å². The molecule has 1 aromatic rings. The van der Waals surface area contributed by atoms with Crippen LogP contribution in [0.15, 0.2) is 18.2 Å². The Hall–Kier alpha value is -0.240. The highest BCUT2D eigenvalue weighted by Gasteiger charge is 2.22. The van der Waals surface area contributed by atoms with E-state index in [1.807, 2.05) is 18.2 Å². The second kappa shape index (κ2) is 8.84. The maximum atomic E-state index is 6.36. The summed E-state index contributed by atoms with van der Waals surface area (Å²) in [5, 5.41) is 5.15. The van der Waals surface area contributed by atoms with Crippen LogP contribution in [0.3, 0.4) is 0 Å². The summed E-state index contributed by atoms with van der Waals surface area (Å²) in [5.41, 5.74) is 1.14. The summed E-state index contributed by atoms with van der Waals surface area (Å²) in [6.07, 6.45) is 4.88. The van der Waals surface area contributed by atoms with Crippen molar-refractivity contribution in [2.24, 2.45) is 5.92 Å². The predicted octanol–water partition coefficient (Wildman–Crippen LogP) is 5.86. The molecule has 0 aromatic heterocycles. The zero-order valence-electron chi connectivity index (χ0n) is 12.2.